The van der Waals surface area contributed by atoms with E-state index in [1.165, 1.54) is 11.1 Å². The number of ether oxygens (including phenoxy) is 1. The van der Waals surface area contributed by atoms with Gasteiger partial charge in [0.15, 0.2) is 0 Å². The van der Waals surface area contributed by atoms with Gasteiger partial charge in [-0.3, -0.25) is 4.79 Å². The van der Waals surface area contributed by atoms with Crippen molar-refractivity contribution in [3.8, 4) is 0 Å². The second kappa shape index (κ2) is 13.2. The Bertz CT molecular complexity index is 644. The summed E-state index contributed by atoms with van der Waals surface area (Å²) < 4.78 is 4.98. The van der Waals surface area contributed by atoms with Crippen LogP contribution in [0.3, 0.4) is 0 Å². The van der Waals surface area contributed by atoms with Crippen LogP contribution in [0.25, 0.3) is 0 Å². The number of carbonyl (C=O) groups excluding carboxylic acids is 1. The summed E-state index contributed by atoms with van der Waals surface area (Å²) in [5.74, 6) is 1.53. The summed E-state index contributed by atoms with van der Waals surface area (Å²) in [6.45, 7) is 8.73. The van der Waals surface area contributed by atoms with Crippen LogP contribution < -0.4 is 0 Å². The molecule has 2 N–H and O–H groups in total. The summed E-state index contributed by atoms with van der Waals surface area (Å²) in [5, 5.41) is 21.0. The molecule has 2 saturated carbocycles. The van der Waals surface area contributed by atoms with Gasteiger partial charge in [-0.2, -0.15) is 0 Å². The van der Waals surface area contributed by atoms with E-state index in [9.17, 15) is 15.0 Å². The van der Waals surface area contributed by atoms with E-state index in [1.807, 2.05) is 13.0 Å². The second-order valence-corrected chi connectivity index (χ2v) is 9.92. The molecule has 4 heteroatoms. The lowest BCUT2D eigenvalue weighted by Crippen LogP contribution is -2.18. The van der Waals surface area contributed by atoms with Crippen LogP contribution in [0.1, 0.15) is 85.5 Å². The molecule has 2 aliphatic carbocycles. The van der Waals surface area contributed by atoms with E-state index < -0.39 is 6.10 Å². The molecule has 0 amide bonds. The van der Waals surface area contributed by atoms with E-state index in [1.54, 1.807) is 0 Å². The molecule has 0 aliphatic heterocycles. The largest absolute Gasteiger partial charge is 0.466 e. The minimum atomic E-state index is -0.438. The van der Waals surface area contributed by atoms with Crippen LogP contribution in [-0.2, 0) is 9.53 Å². The van der Waals surface area contributed by atoms with Gasteiger partial charge in [0.1, 0.15) is 0 Å². The van der Waals surface area contributed by atoms with Gasteiger partial charge in [0.25, 0.3) is 0 Å². The number of esters is 1. The lowest BCUT2D eigenvalue weighted by Gasteiger charge is -2.18. The van der Waals surface area contributed by atoms with Gasteiger partial charge >= 0.3 is 5.97 Å². The number of hydrogen-bond donors (Lipinski definition) is 2. The summed E-state index contributed by atoms with van der Waals surface area (Å²) in [4.78, 5) is 11.4. The van der Waals surface area contributed by atoms with Crippen molar-refractivity contribution in [1.29, 1.82) is 0 Å². The zero-order valence-electron chi connectivity index (χ0n) is 20.1. The molecule has 0 bridgehead atoms. The molecule has 4 nitrogen and oxygen atoms in total. The fraction of sp³-hybridized carbons (Fsp3) is 0.741. The number of rotatable bonds is 12. The van der Waals surface area contributed by atoms with Crippen LogP contribution in [-0.4, -0.2) is 35.0 Å². The third-order valence-electron chi connectivity index (χ3n) is 6.85. The highest BCUT2D eigenvalue weighted by atomic mass is 16.5. The first-order chi connectivity index (χ1) is 14.8. The Morgan fingerprint density at radius 3 is 2.74 bits per heavy atom. The lowest BCUT2D eigenvalue weighted by atomic mass is 9.89. The van der Waals surface area contributed by atoms with Crippen molar-refractivity contribution in [3.05, 3.63) is 35.5 Å². The quantitative estimate of drug-likeness (QED) is 0.234. The highest BCUT2D eigenvalue weighted by molar-refractivity contribution is 5.69. The smallest absolute Gasteiger partial charge is 0.305 e. The Hall–Kier alpha value is -1.39. The third kappa shape index (κ3) is 8.94. The van der Waals surface area contributed by atoms with Crippen molar-refractivity contribution in [3.63, 3.8) is 0 Å². The Morgan fingerprint density at radius 2 is 2.03 bits per heavy atom. The van der Waals surface area contributed by atoms with E-state index in [-0.39, 0.29) is 18.0 Å². The minimum absolute atomic E-state index is 0.109. The molecular weight excluding hydrogens is 388 g/mol. The molecule has 31 heavy (non-hydrogen) atoms. The number of allylic oxidation sites excluding steroid dienone is 4. The first-order valence-electron chi connectivity index (χ1n) is 12.3. The van der Waals surface area contributed by atoms with E-state index in [0.29, 0.717) is 30.8 Å². The number of fused-ring (bicyclic) bond motifs is 1. The van der Waals surface area contributed by atoms with Crippen LogP contribution in [0.5, 0.6) is 0 Å². The molecular formula is C27H44O4. The summed E-state index contributed by atoms with van der Waals surface area (Å²) >= 11 is 0. The monoisotopic (exact) mass is 432 g/mol. The summed E-state index contributed by atoms with van der Waals surface area (Å²) in [6.07, 6.45) is 16.0. The van der Waals surface area contributed by atoms with Gasteiger partial charge in [-0.05, 0) is 89.9 Å². The molecule has 0 aromatic rings. The van der Waals surface area contributed by atoms with E-state index in [4.69, 9.17) is 4.74 Å². The number of hydrogen-bond acceptors (Lipinski definition) is 4. The molecule has 2 aliphatic rings. The Kier molecular flexibility index (Phi) is 11.0. The zero-order valence-corrected chi connectivity index (χ0v) is 20.1. The standard InChI is InChI=1S/C27H44O4/c1-5-31-27(30)12-7-6-11-21-16-22-18-26(29)24(25(22)17-21)14-13-23(28)15-20(4)10-8-9-19(2)3/h9,11,13-14,20,22-26,28-29H,5-8,10,12,15-18H2,1-4H3/b14-13-,21-11+/t20-,22+,23-,24+,25+,26-/m1/s1. The normalized spacial score (nSPS) is 28.6. The van der Waals surface area contributed by atoms with Gasteiger partial charge in [-0.1, -0.05) is 42.4 Å². The first-order valence-corrected chi connectivity index (χ1v) is 12.3. The van der Waals surface area contributed by atoms with Gasteiger partial charge in [0.2, 0.25) is 0 Å². The van der Waals surface area contributed by atoms with Crippen LogP contribution in [0.2, 0.25) is 0 Å². The van der Waals surface area contributed by atoms with Gasteiger partial charge in [-0.15, -0.1) is 0 Å². The molecule has 2 fully saturated rings. The van der Waals surface area contributed by atoms with Gasteiger partial charge in [-0.25, -0.2) is 0 Å². The number of aliphatic hydroxyl groups excluding tert-OH is 2. The predicted molar refractivity (Wildman–Crippen MR) is 126 cm³/mol. The number of aliphatic hydroxyl groups is 2. The maximum Gasteiger partial charge on any atom is 0.305 e. The van der Waals surface area contributed by atoms with E-state index in [0.717, 1.165) is 51.4 Å². The highest BCUT2D eigenvalue weighted by Gasteiger charge is 2.44. The molecule has 6 atom stereocenters. The summed E-state index contributed by atoms with van der Waals surface area (Å²) in [5.41, 5.74) is 2.82. The molecule has 0 aromatic carbocycles. The molecule has 0 heterocycles. The van der Waals surface area contributed by atoms with Gasteiger partial charge in [0, 0.05) is 12.3 Å². The number of unbranched alkanes of at least 4 members (excludes halogenated alkanes) is 1. The maximum atomic E-state index is 11.4. The van der Waals surface area contributed by atoms with Crippen LogP contribution in [0, 0.1) is 23.7 Å². The predicted octanol–water partition coefficient (Wildman–Crippen LogP) is 5.74. The van der Waals surface area contributed by atoms with Crippen molar-refractivity contribution < 1.29 is 19.7 Å². The van der Waals surface area contributed by atoms with E-state index in [2.05, 4.69) is 39.0 Å². The average Bonchev–Trinajstić information content (AvgIpc) is 3.20. The van der Waals surface area contributed by atoms with Gasteiger partial charge < -0.3 is 14.9 Å². The zero-order chi connectivity index (χ0) is 22.8. The van der Waals surface area contributed by atoms with Crippen molar-refractivity contribution in [2.24, 2.45) is 23.7 Å². The second-order valence-electron chi connectivity index (χ2n) is 9.92. The summed E-state index contributed by atoms with van der Waals surface area (Å²) in [6, 6.07) is 0. The van der Waals surface area contributed by atoms with E-state index >= 15 is 0 Å². The van der Waals surface area contributed by atoms with Gasteiger partial charge in [0.05, 0.1) is 18.8 Å². The van der Waals surface area contributed by atoms with Crippen molar-refractivity contribution in [2.75, 3.05) is 6.61 Å². The fourth-order valence-corrected chi connectivity index (χ4v) is 5.25. The molecule has 0 radical (unpaired) electrons. The molecule has 0 saturated heterocycles. The molecule has 0 aromatic heterocycles. The number of carbonyl (C=O) groups is 1. The van der Waals surface area contributed by atoms with Crippen LogP contribution in [0.15, 0.2) is 35.5 Å². The average molecular weight is 433 g/mol. The molecule has 176 valence electrons. The molecule has 2 rings (SSSR count). The van der Waals surface area contributed by atoms with Crippen molar-refractivity contribution >= 4 is 5.97 Å². The Balaban J connectivity index is 1.78. The van der Waals surface area contributed by atoms with Crippen LogP contribution >= 0.6 is 0 Å². The highest BCUT2D eigenvalue weighted by Crippen LogP contribution is 2.50. The summed E-state index contributed by atoms with van der Waals surface area (Å²) in [7, 11) is 0. The van der Waals surface area contributed by atoms with Crippen molar-refractivity contribution in [1.82, 2.24) is 0 Å². The maximum absolute atomic E-state index is 11.4. The topological polar surface area (TPSA) is 66.8 Å². The molecule has 0 unspecified atom stereocenters. The van der Waals surface area contributed by atoms with Crippen LogP contribution in [0.4, 0.5) is 0 Å². The van der Waals surface area contributed by atoms with Crippen molar-refractivity contribution in [2.45, 2.75) is 97.7 Å². The Morgan fingerprint density at radius 1 is 1.26 bits per heavy atom. The first kappa shape index (κ1) is 25.9. The Labute approximate surface area is 189 Å². The lowest BCUT2D eigenvalue weighted by molar-refractivity contribution is -0.143. The third-order valence-corrected chi connectivity index (χ3v) is 6.85. The minimum Gasteiger partial charge on any atom is -0.466 e. The SMILES string of the molecule is CCOC(=O)CCC/C=C1\C[C@H]2C[C@@H](O)[C@@H](/C=C\[C@@H](O)C[C@H](C)CCC=C(C)C)[C@H]2C1. The fourth-order valence-electron chi connectivity index (χ4n) is 5.25. The molecule has 0 spiro atoms.